The zero-order valence-corrected chi connectivity index (χ0v) is 10.4. The van der Waals surface area contributed by atoms with Crippen molar-refractivity contribution in [1.29, 1.82) is 0 Å². The van der Waals surface area contributed by atoms with E-state index >= 15 is 0 Å². The molecule has 0 radical (unpaired) electrons. The largest absolute Gasteiger partial charge is 0.473 e. The lowest BCUT2D eigenvalue weighted by molar-refractivity contribution is -0.422. The van der Waals surface area contributed by atoms with Gasteiger partial charge >= 0.3 is 11.7 Å². The number of nitro groups is 1. The Morgan fingerprint density at radius 1 is 1.25 bits per heavy atom. The average molecular weight is 276 g/mol. The molecule has 0 aliphatic heterocycles. The smallest absolute Gasteiger partial charge is 0.409 e. The summed E-state index contributed by atoms with van der Waals surface area (Å²) >= 11 is 0. The average Bonchev–Trinajstić information content (AvgIpc) is 3.21. The number of carbonyl (C=O) groups is 2. The van der Waals surface area contributed by atoms with Gasteiger partial charge in [-0.3, -0.25) is 14.9 Å². The van der Waals surface area contributed by atoms with E-state index in [0.717, 1.165) is 12.8 Å². The third-order valence-electron chi connectivity index (χ3n) is 2.81. The van der Waals surface area contributed by atoms with Crippen molar-refractivity contribution in [1.82, 2.24) is 5.32 Å². The molecule has 20 heavy (non-hydrogen) atoms. The fourth-order valence-electron chi connectivity index (χ4n) is 1.68. The monoisotopic (exact) mass is 276 g/mol. The number of carboxylic acids is 1. The zero-order valence-electron chi connectivity index (χ0n) is 10.4. The van der Waals surface area contributed by atoms with Gasteiger partial charge in [0.1, 0.15) is 0 Å². The predicted molar refractivity (Wildman–Crippen MR) is 68.6 cm³/mol. The van der Waals surface area contributed by atoms with Crippen LogP contribution in [0.15, 0.2) is 41.7 Å². The summed E-state index contributed by atoms with van der Waals surface area (Å²) in [6.07, 6.45) is 1.52. The summed E-state index contributed by atoms with van der Waals surface area (Å²) in [5.74, 6) is -2.42. The van der Waals surface area contributed by atoms with Crippen LogP contribution in [0.5, 0.6) is 0 Å². The van der Waals surface area contributed by atoms with Crippen LogP contribution in [0.4, 0.5) is 0 Å². The van der Waals surface area contributed by atoms with Crippen molar-refractivity contribution < 1.29 is 19.6 Å². The highest BCUT2D eigenvalue weighted by atomic mass is 16.6. The SMILES string of the molecule is O=C(O)/C(=C(/NC1CC1)C(=O)c1ccccc1)[N+](=O)[O-]. The third-order valence-corrected chi connectivity index (χ3v) is 2.81. The Labute approximate surface area is 114 Å². The molecule has 0 heterocycles. The second-order valence-electron chi connectivity index (χ2n) is 4.40. The number of rotatable bonds is 6. The summed E-state index contributed by atoms with van der Waals surface area (Å²) in [7, 11) is 0. The summed E-state index contributed by atoms with van der Waals surface area (Å²) in [6.45, 7) is 0. The van der Waals surface area contributed by atoms with Crippen LogP contribution in [0.3, 0.4) is 0 Å². The van der Waals surface area contributed by atoms with Crippen LogP contribution >= 0.6 is 0 Å². The molecule has 7 nitrogen and oxygen atoms in total. The van der Waals surface area contributed by atoms with Crippen molar-refractivity contribution in [3.63, 3.8) is 0 Å². The van der Waals surface area contributed by atoms with Crippen LogP contribution in [0, 0.1) is 10.1 Å². The maximum Gasteiger partial charge on any atom is 0.409 e. The molecule has 2 rings (SSSR count). The van der Waals surface area contributed by atoms with Crippen LogP contribution in [-0.4, -0.2) is 27.8 Å². The molecule has 0 saturated heterocycles. The van der Waals surface area contributed by atoms with Crippen molar-refractivity contribution >= 4 is 11.8 Å². The van der Waals surface area contributed by atoms with E-state index in [1.165, 1.54) is 12.1 Å². The molecule has 2 N–H and O–H groups in total. The number of Topliss-reactive ketones (excluding diaryl/α,β-unsaturated/α-hetero) is 1. The van der Waals surface area contributed by atoms with Gasteiger partial charge in [0.25, 0.3) is 0 Å². The maximum atomic E-state index is 12.3. The molecule has 0 unspecified atom stereocenters. The summed E-state index contributed by atoms with van der Waals surface area (Å²) in [5.41, 5.74) is -1.38. The second kappa shape index (κ2) is 5.52. The molecule has 7 heteroatoms. The molecular weight excluding hydrogens is 264 g/mol. The van der Waals surface area contributed by atoms with Gasteiger partial charge in [-0.25, -0.2) is 4.79 Å². The minimum atomic E-state index is -1.73. The van der Waals surface area contributed by atoms with E-state index < -0.39 is 28.1 Å². The molecule has 1 aromatic rings. The van der Waals surface area contributed by atoms with Crippen LogP contribution < -0.4 is 5.32 Å². The molecule has 1 fully saturated rings. The van der Waals surface area contributed by atoms with Crippen LogP contribution in [0.2, 0.25) is 0 Å². The van der Waals surface area contributed by atoms with Gasteiger partial charge in [0.2, 0.25) is 5.78 Å². The first-order chi connectivity index (χ1) is 9.50. The number of carbonyl (C=O) groups excluding carboxylic acids is 1. The Hall–Kier alpha value is -2.70. The van der Waals surface area contributed by atoms with Crippen molar-refractivity contribution in [2.24, 2.45) is 0 Å². The number of hydrogen-bond donors (Lipinski definition) is 2. The quantitative estimate of drug-likeness (QED) is 0.349. The van der Waals surface area contributed by atoms with Gasteiger partial charge < -0.3 is 10.4 Å². The molecule has 104 valence electrons. The number of allylic oxidation sites excluding steroid dienone is 1. The Kier molecular flexibility index (Phi) is 3.79. The fraction of sp³-hybridized carbons (Fsp3) is 0.231. The topological polar surface area (TPSA) is 110 Å². The third kappa shape index (κ3) is 3.00. The number of benzene rings is 1. The summed E-state index contributed by atoms with van der Waals surface area (Å²) in [5, 5.41) is 22.5. The van der Waals surface area contributed by atoms with Gasteiger partial charge in [0.15, 0.2) is 5.70 Å². The van der Waals surface area contributed by atoms with E-state index in [4.69, 9.17) is 5.11 Å². The zero-order chi connectivity index (χ0) is 14.7. The van der Waals surface area contributed by atoms with E-state index in [1.54, 1.807) is 18.2 Å². The molecule has 0 amide bonds. The Morgan fingerprint density at radius 2 is 1.85 bits per heavy atom. The molecule has 0 atom stereocenters. The summed E-state index contributed by atoms with van der Waals surface area (Å²) in [6, 6.07) is 7.79. The minimum Gasteiger partial charge on any atom is -0.473 e. The number of nitrogens with one attached hydrogen (secondary N) is 1. The second-order valence-corrected chi connectivity index (χ2v) is 4.40. The van der Waals surface area contributed by atoms with E-state index in [0.29, 0.717) is 0 Å². The van der Waals surface area contributed by atoms with Gasteiger partial charge in [-0.2, -0.15) is 0 Å². The fourth-order valence-corrected chi connectivity index (χ4v) is 1.68. The number of nitrogens with zero attached hydrogens (tertiary/aromatic N) is 1. The molecule has 1 aromatic carbocycles. The Balaban J connectivity index is 2.46. The van der Waals surface area contributed by atoms with Gasteiger partial charge in [0.05, 0.1) is 4.92 Å². The van der Waals surface area contributed by atoms with E-state index in [1.807, 2.05) is 0 Å². The Bertz CT molecular complexity index is 574. The van der Waals surface area contributed by atoms with Crippen molar-refractivity contribution in [2.45, 2.75) is 18.9 Å². The van der Waals surface area contributed by atoms with E-state index in [9.17, 15) is 19.7 Å². The van der Waals surface area contributed by atoms with Crippen LogP contribution in [-0.2, 0) is 4.79 Å². The summed E-state index contributed by atoms with van der Waals surface area (Å²) in [4.78, 5) is 33.1. The van der Waals surface area contributed by atoms with Gasteiger partial charge in [-0.05, 0) is 12.8 Å². The van der Waals surface area contributed by atoms with Gasteiger partial charge in [0, 0.05) is 11.6 Å². The van der Waals surface area contributed by atoms with Gasteiger partial charge in [-0.15, -0.1) is 0 Å². The molecule has 1 saturated carbocycles. The normalized spacial score (nSPS) is 15.2. The first kappa shape index (κ1) is 13.7. The van der Waals surface area contributed by atoms with Crippen molar-refractivity contribution in [3.8, 4) is 0 Å². The number of aliphatic carboxylic acids is 1. The van der Waals surface area contributed by atoms with Crippen LogP contribution in [0.1, 0.15) is 23.2 Å². The highest BCUT2D eigenvalue weighted by Gasteiger charge is 2.35. The first-order valence-corrected chi connectivity index (χ1v) is 5.99. The summed E-state index contributed by atoms with van der Waals surface area (Å²) < 4.78 is 0. The number of hydrogen-bond acceptors (Lipinski definition) is 5. The lowest BCUT2D eigenvalue weighted by Crippen LogP contribution is -2.29. The predicted octanol–water partition coefficient (Wildman–Crippen LogP) is 1.19. The first-order valence-electron chi connectivity index (χ1n) is 5.99. The highest BCUT2D eigenvalue weighted by molar-refractivity contribution is 6.11. The van der Waals surface area contributed by atoms with Crippen LogP contribution in [0.25, 0.3) is 0 Å². The lowest BCUT2D eigenvalue weighted by atomic mass is 10.1. The lowest BCUT2D eigenvalue weighted by Gasteiger charge is -2.08. The Morgan fingerprint density at radius 3 is 2.30 bits per heavy atom. The molecule has 0 spiro atoms. The molecular formula is C13H12N2O5. The van der Waals surface area contributed by atoms with Crippen molar-refractivity contribution in [2.75, 3.05) is 0 Å². The number of carboxylic acid groups (broad SMARTS) is 1. The van der Waals surface area contributed by atoms with Gasteiger partial charge in [-0.1, -0.05) is 30.3 Å². The maximum absolute atomic E-state index is 12.3. The molecule has 0 bridgehead atoms. The highest BCUT2D eigenvalue weighted by Crippen LogP contribution is 2.23. The standard InChI is InChI=1S/C13H12N2O5/c16-12(8-4-2-1-3-5-8)10(14-9-6-7-9)11(13(17)18)15(19)20/h1-5,9,14H,6-7H2,(H,17,18)/b11-10-. The molecule has 0 aromatic heterocycles. The van der Waals surface area contributed by atoms with E-state index in [-0.39, 0.29) is 11.6 Å². The minimum absolute atomic E-state index is 0.0769. The molecule has 1 aliphatic carbocycles. The van der Waals surface area contributed by atoms with Crippen molar-refractivity contribution in [3.05, 3.63) is 57.4 Å². The number of ketones is 1. The molecule has 1 aliphatic rings. The van der Waals surface area contributed by atoms with E-state index in [2.05, 4.69) is 5.32 Å².